The van der Waals surface area contributed by atoms with E-state index in [4.69, 9.17) is 0 Å². The van der Waals surface area contributed by atoms with Gasteiger partial charge in [0.25, 0.3) is 5.91 Å². The maximum atomic E-state index is 12.4. The first-order chi connectivity index (χ1) is 13.3. The number of anilines is 1. The Morgan fingerprint density at radius 3 is 2.14 bits per heavy atom. The molecule has 7 nitrogen and oxygen atoms in total. The van der Waals surface area contributed by atoms with Gasteiger partial charge in [0, 0.05) is 31.4 Å². The monoisotopic (exact) mass is 401 g/mol. The molecule has 2 aromatic carbocycles. The van der Waals surface area contributed by atoms with Crippen molar-refractivity contribution < 1.29 is 18.0 Å². The Morgan fingerprint density at radius 2 is 1.61 bits per heavy atom. The van der Waals surface area contributed by atoms with E-state index in [1.54, 1.807) is 24.3 Å². The Labute approximate surface area is 164 Å². The van der Waals surface area contributed by atoms with E-state index in [2.05, 4.69) is 10.6 Å². The molecule has 0 atom stereocenters. The van der Waals surface area contributed by atoms with Gasteiger partial charge in [0.05, 0.1) is 11.3 Å². The number of benzene rings is 2. The molecule has 2 aromatic rings. The zero-order chi connectivity index (χ0) is 20.3. The topological polar surface area (TPSA) is 95.6 Å². The number of hydrogen-bond donors (Lipinski definition) is 2. The molecule has 0 heterocycles. The maximum Gasteiger partial charge on any atom is 0.255 e. The largest absolute Gasteiger partial charge is 0.353 e. The van der Waals surface area contributed by atoms with Crippen LogP contribution in [0.3, 0.4) is 0 Å². The summed E-state index contributed by atoms with van der Waals surface area (Å²) in [5.74, 6) is -0.333. The molecule has 148 valence electrons. The molecule has 2 N–H and O–H groups in total. The van der Waals surface area contributed by atoms with Gasteiger partial charge in [-0.1, -0.05) is 12.1 Å². The molecule has 0 spiro atoms. The van der Waals surface area contributed by atoms with E-state index in [9.17, 15) is 18.0 Å². The molecule has 1 saturated carbocycles. The summed E-state index contributed by atoms with van der Waals surface area (Å²) in [7, 11) is -0.621. The van der Waals surface area contributed by atoms with Gasteiger partial charge in [-0.15, -0.1) is 0 Å². The molecule has 28 heavy (non-hydrogen) atoms. The first-order valence-corrected chi connectivity index (χ1v) is 10.4. The van der Waals surface area contributed by atoms with E-state index in [0.717, 1.165) is 22.7 Å². The number of carbonyl (C=O) groups excluding carboxylic acids is 2. The van der Waals surface area contributed by atoms with E-state index < -0.39 is 10.0 Å². The quantitative estimate of drug-likeness (QED) is 0.742. The van der Waals surface area contributed by atoms with Gasteiger partial charge in [0.15, 0.2) is 0 Å². The highest BCUT2D eigenvalue weighted by atomic mass is 32.2. The van der Waals surface area contributed by atoms with E-state index in [-0.39, 0.29) is 16.7 Å². The highest BCUT2D eigenvalue weighted by molar-refractivity contribution is 7.89. The van der Waals surface area contributed by atoms with Crippen LogP contribution in [-0.4, -0.2) is 44.7 Å². The Kier molecular flexibility index (Phi) is 5.81. The normalized spacial score (nSPS) is 14.0. The minimum atomic E-state index is -3.53. The summed E-state index contributed by atoms with van der Waals surface area (Å²) in [5, 5.41) is 5.70. The third-order valence-corrected chi connectivity index (χ3v) is 6.24. The fraction of sp³-hybridized carbons (Fsp3) is 0.300. The van der Waals surface area contributed by atoms with Crippen LogP contribution < -0.4 is 10.6 Å². The molecule has 0 aliphatic heterocycles. The van der Waals surface area contributed by atoms with Crippen LogP contribution in [0, 0.1) is 0 Å². The number of carbonyl (C=O) groups is 2. The first-order valence-electron chi connectivity index (χ1n) is 8.98. The van der Waals surface area contributed by atoms with E-state index in [1.165, 1.54) is 38.4 Å². The number of nitrogens with one attached hydrogen (secondary N) is 2. The van der Waals surface area contributed by atoms with E-state index in [1.807, 2.05) is 0 Å². The first kappa shape index (κ1) is 20.0. The van der Waals surface area contributed by atoms with Crippen LogP contribution in [0.25, 0.3) is 0 Å². The molecule has 0 aromatic heterocycles. The summed E-state index contributed by atoms with van der Waals surface area (Å²) in [5.41, 5.74) is 1.82. The van der Waals surface area contributed by atoms with Crippen LogP contribution in [0.2, 0.25) is 0 Å². The second-order valence-electron chi connectivity index (χ2n) is 6.98. The fourth-order valence-electron chi connectivity index (χ4n) is 2.59. The minimum absolute atomic E-state index is 0.00653. The van der Waals surface area contributed by atoms with Gasteiger partial charge in [-0.25, -0.2) is 12.7 Å². The molecule has 0 unspecified atom stereocenters. The summed E-state index contributed by atoms with van der Waals surface area (Å²) in [6, 6.07) is 13.2. The Balaban J connectivity index is 1.60. The molecule has 0 saturated heterocycles. The lowest BCUT2D eigenvalue weighted by Crippen LogP contribution is -2.26. The SMILES string of the molecule is CN(C)S(=O)(=O)c1ccc(C(=O)Nc2ccc(CC(=O)NC3CC3)cc2)cc1. The van der Waals surface area contributed by atoms with Gasteiger partial charge in [0.2, 0.25) is 15.9 Å². The van der Waals surface area contributed by atoms with Crippen molar-refractivity contribution in [1.29, 1.82) is 0 Å². The van der Waals surface area contributed by atoms with Crippen molar-refractivity contribution in [3.8, 4) is 0 Å². The molecular formula is C20H23N3O4S. The fourth-order valence-corrected chi connectivity index (χ4v) is 3.49. The summed E-state index contributed by atoms with van der Waals surface area (Å²) in [6.07, 6.45) is 2.42. The van der Waals surface area contributed by atoms with Crippen LogP contribution in [-0.2, 0) is 21.2 Å². The van der Waals surface area contributed by atoms with Crippen LogP contribution in [0.5, 0.6) is 0 Å². The lowest BCUT2D eigenvalue weighted by atomic mass is 10.1. The van der Waals surface area contributed by atoms with Gasteiger partial charge in [-0.05, 0) is 54.8 Å². The molecule has 1 aliphatic rings. The Hall–Kier alpha value is -2.71. The lowest BCUT2D eigenvalue weighted by molar-refractivity contribution is -0.120. The summed E-state index contributed by atoms with van der Waals surface area (Å²) in [4.78, 5) is 24.3. The average Bonchev–Trinajstić information content (AvgIpc) is 3.47. The summed E-state index contributed by atoms with van der Waals surface area (Å²) >= 11 is 0. The minimum Gasteiger partial charge on any atom is -0.353 e. The number of nitrogens with zero attached hydrogens (tertiary/aromatic N) is 1. The zero-order valence-electron chi connectivity index (χ0n) is 15.8. The van der Waals surface area contributed by atoms with Crippen molar-refractivity contribution in [1.82, 2.24) is 9.62 Å². The van der Waals surface area contributed by atoms with Crippen LogP contribution in [0.1, 0.15) is 28.8 Å². The van der Waals surface area contributed by atoms with Gasteiger partial charge in [0.1, 0.15) is 0 Å². The van der Waals surface area contributed by atoms with Crippen molar-refractivity contribution in [3.05, 3.63) is 59.7 Å². The van der Waals surface area contributed by atoms with Gasteiger partial charge in [-0.2, -0.15) is 0 Å². The predicted octanol–water partition coefficient (Wildman–Crippen LogP) is 2.01. The number of sulfonamides is 1. The molecule has 0 bridgehead atoms. The second kappa shape index (κ2) is 8.12. The van der Waals surface area contributed by atoms with Gasteiger partial charge in [-0.3, -0.25) is 9.59 Å². The standard InChI is InChI=1S/C20H23N3O4S/c1-23(2)28(26,27)18-11-5-15(6-12-18)20(25)22-17-7-3-14(4-8-17)13-19(24)21-16-9-10-16/h3-8,11-12,16H,9-10,13H2,1-2H3,(H,21,24)(H,22,25). The Bertz CT molecular complexity index is 964. The molecule has 2 amide bonds. The highest BCUT2D eigenvalue weighted by Gasteiger charge is 2.23. The van der Waals surface area contributed by atoms with Crippen LogP contribution in [0.15, 0.2) is 53.4 Å². The van der Waals surface area contributed by atoms with E-state index in [0.29, 0.717) is 23.7 Å². The van der Waals surface area contributed by atoms with Gasteiger partial charge < -0.3 is 10.6 Å². The number of amides is 2. The van der Waals surface area contributed by atoms with Crippen LogP contribution in [0.4, 0.5) is 5.69 Å². The third kappa shape index (κ3) is 4.96. The van der Waals surface area contributed by atoms with Crippen molar-refractivity contribution in [3.63, 3.8) is 0 Å². The van der Waals surface area contributed by atoms with Crippen molar-refractivity contribution in [2.24, 2.45) is 0 Å². The molecular weight excluding hydrogens is 378 g/mol. The summed E-state index contributed by atoms with van der Waals surface area (Å²) in [6.45, 7) is 0. The van der Waals surface area contributed by atoms with Gasteiger partial charge >= 0.3 is 0 Å². The summed E-state index contributed by atoms with van der Waals surface area (Å²) < 4.78 is 25.3. The maximum absolute atomic E-state index is 12.4. The molecule has 3 rings (SSSR count). The van der Waals surface area contributed by atoms with Crippen LogP contribution >= 0.6 is 0 Å². The van der Waals surface area contributed by atoms with Crippen molar-refractivity contribution in [2.75, 3.05) is 19.4 Å². The molecule has 1 fully saturated rings. The number of rotatable bonds is 7. The zero-order valence-corrected chi connectivity index (χ0v) is 16.6. The Morgan fingerprint density at radius 1 is 1.00 bits per heavy atom. The number of hydrogen-bond acceptors (Lipinski definition) is 4. The molecule has 0 radical (unpaired) electrons. The van der Waals surface area contributed by atoms with Crippen molar-refractivity contribution in [2.45, 2.75) is 30.2 Å². The predicted molar refractivity (Wildman–Crippen MR) is 107 cm³/mol. The smallest absolute Gasteiger partial charge is 0.255 e. The highest BCUT2D eigenvalue weighted by Crippen LogP contribution is 2.19. The lowest BCUT2D eigenvalue weighted by Gasteiger charge is -2.12. The average molecular weight is 401 g/mol. The van der Waals surface area contributed by atoms with Crippen molar-refractivity contribution >= 4 is 27.5 Å². The van der Waals surface area contributed by atoms with E-state index >= 15 is 0 Å². The molecule has 8 heteroatoms. The third-order valence-electron chi connectivity index (χ3n) is 4.41. The second-order valence-corrected chi connectivity index (χ2v) is 9.13. The molecule has 1 aliphatic carbocycles.